The van der Waals surface area contributed by atoms with Crippen LogP contribution in [0.2, 0.25) is 0 Å². The first-order valence-corrected chi connectivity index (χ1v) is 7.17. The molecule has 0 spiro atoms. The Morgan fingerprint density at radius 2 is 2.38 bits per heavy atom. The molecule has 0 saturated carbocycles. The predicted molar refractivity (Wildman–Crippen MR) is 71.0 cm³/mol. The summed E-state index contributed by atoms with van der Waals surface area (Å²) < 4.78 is 0. The maximum Gasteiger partial charge on any atom is 0.0218 e. The summed E-state index contributed by atoms with van der Waals surface area (Å²) in [6, 6.07) is 0.660. The van der Waals surface area contributed by atoms with Crippen molar-refractivity contribution in [2.24, 2.45) is 5.92 Å². The van der Waals surface area contributed by atoms with E-state index >= 15 is 0 Å². The lowest BCUT2D eigenvalue weighted by molar-refractivity contribution is 0.290. The molecule has 0 aliphatic carbocycles. The standard InChI is InChI=1S/C13H22N2S/c1-10-4-3-5-15-13(10)7-14-6-12-9-16-8-11(12)2/h8-10,13-15H,3-7H2,1-2H3. The summed E-state index contributed by atoms with van der Waals surface area (Å²) in [6.07, 6.45) is 2.71. The molecule has 2 rings (SSSR count). The lowest BCUT2D eigenvalue weighted by atomic mass is 9.93. The molecule has 1 aromatic rings. The zero-order valence-electron chi connectivity index (χ0n) is 10.3. The average molecular weight is 238 g/mol. The Morgan fingerprint density at radius 3 is 3.06 bits per heavy atom. The minimum Gasteiger partial charge on any atom is -0.312 e. The molecule has 1 aliphatic heterocycles. The molecule has 2 nitrogen and oxygen atoms in total. The first-order valence-electron chi connectivity index (χ1n) is 6.23. The first-order chi connectivity index (χ1) is 7.77. The van der Waals surface area contributed by atoms with E-state index in [-0.39, 0.29) is 0 Å². The van der Waals surface area contributed by atoms with Crippen molar-refractivity contribution in [3.8, 4) is 0 Å². The smallest absolute Gasteiger partial charge is 0.0218 e. The van der Waals surface area contributed by atoms with Gasteiger partial charge >= 0.3 is 0 Å². The summed E-state index contributed by atoms with van der Waals surface area (Å²) >= 11 is 1.80. The van der Waals surface area contributed by atoms with Crippen LogP contribution in [0.4, 0.5) is 0 Å². The number of hydrogen-bond donors (Lipinski definition) is 2. The number of piperidine rings is 1. The van der Waals surface area contributed by atoms with E-state index in [9.17, 15) is 0 Å². The third-order valence-corrected chi connectivity index (χ3v) is 4.48. The maximum absolute atomic E-state index is 3.60. The SMILES string of the molecule is Cc1cscc1CNCC1NCCCC1C. The summed E-state index contributed by atoms with van der Waals surface area (Å²) in [5.74, 6) is 0.810. The molecular weight excluding hydrogens is 216 g/mol. The molecular formula is C13H22N2S. The molecule has 0 radical (unpaired) electrons. The monoisotopic (exact) mass is 238 g/mol. The molecule has 3 heteroatoms. The van der Waals surface area contributed by atoms with Gasteiger partial charge in [0.1, 0.15) is 0 Å². The lowest BCUT2D eigenvalue weighted by Crippen LogP contribution is -2.46. The molecule has 1 aliphatic rings. The highest BCUT2D eigenvalue weighted by molar-refractivity contribution is 7.08. The summed E-state index contributed by atoms with van der Waals surface area (Å²) in [7, 11) is 0. The van der Waals surface area contributed by atoms with Crippen LogP contribution >= 0.6 is 11.3 Å². The Kier molecular flexibility index (Phi) is 4.38. The van der Waals surface area contributed by atoms with Gasteiger partial charge in [-0.2, -0.15) is 11.3 Å². The normalized spacial score (nSPS) is 25.9. The van der Waals surface area contributed by atoms with Crippen molar-refractivity contribution in [3.05, 3.63) is 21.9 Å². The minimum absolute atomic E-state index is 0.660. The van der Waals surface area contributed by atoms with E-state index in [1.807, 2.05) is 0 Å². The Balaban J connectivity index is 1.73. The fourth-order valence-electron chi connectivity index (χ4n) is 2.32. The molecule has 1 saturated heterocycles. The minimum atomic E-state index is 0.660. The number of nitrogens with one attached hydrogen (secondary N) is 2. The largest absolute Gasteiger partial charge is 0.312 e. The van der Waals surface area contributed by atoms with E-state index in [0.29, 0.717) is 6.04 Å². The van der Waals surface area contributed by atoms with E-state index < -0.39 is 0 Å². The van der Waals surface area contributed by atoms with Crippen LogP contribution < -0.4 is 10.6 Å². The molecule has 2 heterocycles. The average Bonchev–Trinajstić information content (AvgIpc) is 2.67. The van der Waals surface area contributed by atoms with Crippen LogP contribution in [-0.2, 0) is 6.54 Å². The molecule has 1 aromatic heterocycles. The van der Waals surface area contributed by atoms with Crippen LogP contribution in [0.5, 0.6) is 0 Å². The van der Waals surface area contributed by atoms with E-state index in [1.54, 1.807) is 11.3 Å². The third kappa shape index (κ3) is 3.06. The molecule has 16 heavy (non-hydrogen) atoms. The lowest BCUT2D eigenvalue weighted by Gasteiger charge is -2.30. The van der Waals surface area contributed by atoms with Crippen molar-refractivity contribution in [2.75, 3.05) is 13.1 Å². The molecule has 2 unspecified atom stereocenters. The molecule has 2 atom stereocenters. The van der Waals surface area contributed by atoms with Crippen LogP contribution in [0.15, 0.2) is 10.8 Å². The van der Waals surface area contributed by atoms with E-state index in [2.05, 4.69) is 35.2 Å². The number of hydrogen-bond acceptors (Lipinski definition) is 3. The zero-order chi connectivity index (χ0) is 11.4. The number of thiophene rings is 1. The van der Waals surface area contributed by atoms with Gasteiger partial charge in [0.25, 0.3) is 0 Å². The topological polar surface area (TPSA) is 24.1 Å². The molecule has 0 amide bonds. The summed E-state index contributed by atoms with van der Waals surface area (Å²) in [5.41, 5.74) is 2.87. The highest BCUT2D eigenvalue weighted by Gasteiger charge is 2.19. The van der Waals surface area contributed by atoms with Gasteiger partial charge in [0.15, 0.2) is 0 Å². The van der Waals surface area contributed by atoms with E-state index in [0.717, 1.165) is 19.0 Å². The van der Waals surface area contributed by atoms with Gasteiger partial charge in [0.2, 0.25) is 0 Å². The van der Waals surface area contributed by atoms with E-state index in [1.165, 1.54) is 30.5 Å². The molecule has 2 N–H and O–H groups in total. The van der Waals surface area contributed by atoms with Gasteiger partial charge in [-0.05, 0) is 54.1 Å². The van der Waals surface area contributed by atoms with Crippen molar-refractivity contribution in [1.29, 1.82) is 0 Å². The number of aryl methyl sites for hydroxylation is 1. The van der Waals surface area contributed by atoms with Crippen LogP contribution in [-0.4, -0.2) is 19.1 Å². The van der Waals surface area contributed by atoms with E-state index in [4.69, 9.17) is 0 Å². The number of rotatable bonds is 4. The fourth-order valence-corrected chi connectivity index (χ4v) is 3.17. The Hall–Kier alpha value is -0.380. The Labute approximate surface area is 102 Å². The van der Waals surface area contributed by atoms with Gasteiger partial charge in [0.05, 0.1) is 0 Å². The van der Waals surface area contributed by atoms with Crippen LogP contribution in [0.25, 0.3) is 0 Å². The summed E-state index contributed by atoms with van der Waals surface area (Å²) in [5, 5.41) is 11.6. The van der Waals surface area contributed by atoms with Crippen molar-refractivity contribution in [3.63, 3.8) is 0 Å². The quantitative estimate of drug-likeness (QED) is 0.842. The van der Waals surface area contributed by atoms with Gasteiger partial charge in [-0.3, -0.25) is 0 Å². The molecule has 0 aromatic carbocycles. The zero-order valence-corrected chi connectivity index (χ0v) is 11.1. The second-order valence-corrected chi connectivity index (χ2v) is 5.63. The van der Waals surface area contributed by atoms with Crippen molar-refractivity contribution < 1.29 is 0 Å². The van der Waals surface area contributed by atoms with Gasteiger partial charge < -0.3 is 10.6 Å². The third-order valence-electron chi connectivity index (χ3n) is 3.57. The predicted octanol–water partition coefficient (Wildman–Crippen LogP) is 2.53. The van der Waals surface area contributed by atoms with Crippen molar-refractivity contribution in [2.45, 2.75) is 39.3 Å². The van der Waals surface area contributed by atoms with Crippen LogP contribution in [0.1, 0.15) is 30.9 Å². The van der Waals surface area contributed by atoms with Gasteiger partial charge in [-0.15, -0.1) is 0 Å². The Bertz CT molecular complexity index is 321. The summed E-state index contributed by atoms with van der Waals surface area (Å²) in [4.78, 5) is 0. The van der Waals surface area contributed by atoms with Gasteiger partial charge in [0, 0.05) is 19.1 Å². The van der Waals surface area contributed by atoms with Crippen LogP contribution in [0, 0.1) is 12.8 Å². The maximum atomic E-state index is 3.60. The molecule has 90 valence electrons. The highest BCUT2D eigenvalue weighted by atomic mass is 32.1. The summed E-state index contributed by atoms with van der Waals surface area (Å²) in [6.45, 7) is 7.84. The second-order valence-electron chi connectivity index (χ2n) is 4.89. The van der Waals surface area contributed by atoms with Gasteiger partial charge in [-0.1, -0.05) is 6.92 Å². The first kappa shape index (κ1) is 12.1. The van der Waals surface area contributed by atoms with Crippen molar-refractivity contribution >= 4 is 11.3 Å². The van der Waals surface area contributed by atoms with Gasteiger partial charge in [-0.25, -0.2) is 0 Å². The molecule has 0 bridgehead atoms. The Morgan fingerprint density at radius 1 is 1.50 bits per heavy atom. The highest BCUT2D eigenvalue weighted by Crippen LogP contribution is 2.16. The fraction of sp³-hybridized carbons (Fsp3) is 0.692. The second kappa shape index (κ2) is 5.80. The van der Waals surface area contributed by atoms with Crippen LogP contribution in [0.3, 0.4) is 0 Å². The molecule has 1 fully saturated rings. The van der Waals surface area contributed by atoms with Crippen molar-refractivity contribution in [1.82, 2.24) is 10.6 Å².